The molecule has 1 heterocycles. The average molecular weight is 268 g/mol. The van der Waals surface area contributed by atoms with Gasteiger partial charge in [0.2, 0.25) is 0 Å². The van der Waals surface area contributed by atoms with Gasteiger partial charge >= 0.3 is 0 Å². The summed E-state index contributed by atoms with van der Waals surface area (Å²) in [5.74, 6) is 0.530. The second-order valence-electron chi connectivity index (χ2n) is 4.75. The van der Waals surface area contributed by atoms with E-state index in [-0.39, 0.29) is 5.92 Å². The number of ether oxygens (including phenoxy) is 2. The van der Waals surface area contributed by atoms with Crippen LogP contribution in [0, 0.1) is 34.0 Å². The molecule has 1 aliphatic rings. The van der Waals surface area contributed by atoms with Crippen molar-refractivity contribution < 1.29 is 9.47 Å². The zero-order chi connectivity index (χ0) is 14.6. The van der Waals surface area contributed by atoms with Crippen molar-refractivity contribution in [3.05, 3.63) is 42.5 Å². The summed E-state index contributed by atoms with van der Waals surface area (Å²) >= 11 is 0. The van der Waals surface area contributed by atoms with Crippen LogP contribution in [0.25, 0.3) is 0 Å². The van der Waals surface area contributed by atoms with Gasteiger partial charge in [0.05, 0.1) is 19.2 Å². The highest BCUT2D eigenvalue weighted by molar-refractivity contribution is 5.35. The maximum Gasteiger partial charge on any atom is 0.180 e. The predicted molar refractivity (Wildman–Crippen MR) is 73.7 cm³/mol. The number of methoxy groups -OCH3 is 1. The molecule has 0 spiro atoms. The fraction of sp³-hybridized carbons (Fsp3) is 0.375. The maximum atomic E-state index is 9.55. The van der Waals surface area contributed by atoms with Crippen LogP contribution in [0.15, 0.2) is 36.9 Å². The molecule has 0 radical (unpaired) electrons. The SMILES string of the molecule is C=CC1CCOC(c2ccc(OC)cc2)C1(C#N)C#N. The van der Waals surface area contributed by atoms with E-state index in [4.69, 9.17) is 9.47 Å². The van der Waals surface area contributed by atoms with Gasteiger partial charge in [0.1, 0.15) is 11.9 Å². The van der Waals surface area contributed by atoms with Crippen LogP contribution in [0.2, 0.25) is 0 Å². The second-order valence-corrected chi connectivity index (χ2v) is 4.75. The van der Waals surface area contributed by atoms with E-state index >= 15 is 0 Å². The van der Waals surface area contributed by atoms with Gasteiger partial charge in [-0.3, -0.25) is 0 Å². The lowest BCUT2D eigenvalue weighted by Gasteiger charge is -2.39. The van der Waals surface area contributed by atoms with Gasteiger partial charge < -0.3 is 9.47 Å². The molecule has 1 aliphatic heterocycles. The third kappa shape index (κ3) is 2.15. The minimum Gasteiger partial charge on any atom is -0.497 e. The predicted octanol–water partition coefficient (Wildman–Crippen LogP) is 2.99. The van der Waals surface area contributed by atoms with Gasteiger partial charge in [0.25, 0.3) is 0 Å². The molecule has 0 saturated carbocycles. The Hall–Kier alpha value is -2.30. The molecule has 1 fully saturated rings. The molecular formula is C16H16N2O2. The molecule has 4 nitrogen and oxygen atoms in total. The van der Waals surface area contributed by atoms with Crippen molar-refractivity contribution in [2.24, 2.45) is 11.3 Å². The first kappa shape index (κ1) is 14.1. The minimum absolute atomic E-state index is 0.196. The Morgan fingerprint density at radius 1 is 1.35 bits per heavy atom. The Morgan fingerprint density at radius 2 is 2.00 bits per heavy atom. The van der Waals surface area contributed by atoms with E-state index in [1.54, 1.807) is 25.3 Å². The lowest BCUT2D eigenvalue weighted by Crippen LogP contribution is -2.39. The van der Waals surface area contributed by atoms with Gasteiger partial charge in [-0.25, -0.2) is 0 Å². The fourth-order valence-electron chi connectivity index (χ4n) is 2.62. The third-order valence-electron chi connectivity index (χ3n) is 3.78. The fourth-order valence-corrected chi connectivity index (χ4v) is 2.62. The Labute approximate surface area is 118 Å². The van der Waals surface area contributed by atoms with Gasteiger partial charge in [0.15, 0.2) is 5.41 Å². The summed E-state index contributed by atoms with van der Waals surface area (Å²) in [6.07, 6.45) is 1.75. The molecule has 2 rings (SSSR count). The van der Waals surface area contributed by atoms with Crippen molar-refractivity contribution in [1.29, 1.82) is 10.5 Å². The number of nitriles is 2. The highest BCUT2D eigenvalue weighted by Gasteiger charge is 2.49. The molecule has 2 unspecified atom stereocenters. The summed E-state index contributed by atoms with van der Waals surface area (Å²) in [7, 11) is 1.59. The van der Waals surface area contributed by atoms with Crippen LogP contribution in [0.5, 0.6) is 5.75 Å². The number of allylic oxidation sites excluding steroid dienone is 1. The topological polar surface area (TPSA) is 66.0 Å². The number of hydrogen-bond donors (Lipinski definition) is 0. The molecule has 0 N–H and O–H groups in total. The van der Waals surface area contributed by atoms with Gasteiger partial charge in [-0.2, -0.15) is 10.5 Å². The van der Waals surface area contributed by atoms with E-state index in [0.717, 1.165) is 11.3 Å². The average Bonchev–Trinajstić information content (AvgIpc) is 2.53. The molecule has 20 heavy (non-hydrogen) atoms. The van der Waals surface area contributed by atoms with Gasteiger partial charge in [-0.15, -0.1) is 6.58 Å². The standard InChI is InChI=1S/C16H16N2O2/c1-3-13-8-9-20-15(16(13,10-17)11-18)12-4-6-14(19-2)7-5-12/h3-7,13,15H,1,8-9H2,2H3. The zero-order valence-corrected chi connectivity index (χ0v) is 11.4. The van der Waals surface area contributed by atoms with E-state index in [1.807, 2.05) is 12.1 Å². The third-order valence-corrected chi connectivity index (χ3v) is 3.78. The van der Waals surface area contributed by atoms with Crippen molar-refractivity contribution in [3.63, 3.8) is 0 Å². The Kier molecular flexibility index (Phi) is 4.08. The van der Waals surface area contributed by atoms with Crippen molar-refractivity contribution in [2.75, 3.05) is 13.7 Å². The van der Waals surface area contributed by atoms with Crippen molar-refractivity contribution in [3.8, 4) is 17.9 Å². The molecule has 1 aromatic carbocycles. The molecule has 4 heteroatoms. The van der Waals surface area contributed by atoms with Crippen LogP contribution in [-0.4, -0.2) is 13.7 Å². The normalized spacial score (nSPS) is 24.1. The van der Waals surface area contributed by atoms with Crippen molar-refractivity contribution in [1.82, 2.24) is 0 Å². The van der Waals surface area contributed by atoms with E-state index in [9.17, 15) is 10.5 Å². The lowest BCUT2D eigenvalue weighted by atomic mass is 9.68. The van der Waals surface area contributed by atoms with Gasteiger partial charge in [0, 0.05) is 12.5 Å². The van der Waals surface area contributed by atoms with E-state index < -0.39 is 11.5 Å². The molecule has 1 saturated heterocycles. The number of rotatable bonds is 3. The molecular weight excluding hydrogens is 252 g/mol. The quantitative estimate of drug-likeness (QED) is 0.790. The molecule has 2 atom stereocenters. The molecule has 102 valence electrons. The smallest absolute Gasteiger partial charge is 0.180 e. The van der Waals surface area contributed by atoms with Gasteiger partial charge in [-0.05, 0) is 24.1 Å². The first-order chi connectivity index (χ1) is 9.71. The van der Waals surface area contributed by atoms with E-state index in [0.29, 0.717) is 13.0 Å². The summed E-state index contributed by atoms with van der Waals surface area (Å²) in [5, 5.41) is 19.1. The molecule has 0 amide bonds. The molecule has 0 aliphatic carbocycles. The summed E-state index contributed by atoms with van der Waals surface area (Å²) in [5.41, 5.74) is -0.422. The lowest BCUT2D eigenvalue weighted by molar-refractivity contribution is -0.0577. The Morgan fingerprint density at radius 3 is 2.50 bits per heavy atom. The van der Waals surface area contributed by atoms with E-state index in [1.165, 1.54) is 0 Å². The van der Waals surface area contributed by atoms with E-state index in [2.05, 4.69) is 18.7 Å². The molecule has 0 bridgehead atoms. The number of benzene rings is 1. The molecule has 1 aromatic rings. The van der Waals surface area contributed by atoms with Crippen molar-refractivity contribution in [2.45, 2.75) is 12.5 Å². The van der Waals surface area contributed by atoms with Gasteiger partial charge in [-0.1, -0.05) is 18.2 Å². The second kappa shape index (κ2) is 5.77. The highest BCUT2D eigenvalue weighted by atomic mass is 16.5. The first-order valence-corrected chi connectivity index (χ1v) is 6.42. The maximum absolute atomic E-state index is 9.55. The van der Waals surface area contributed by atoms with Crippen molar-refractivity contribution >= 4 is 0 Å². The van der Waals surface area contributed by atoms with Crippen LogP contribution < -0.4 is 4.74 Å². The summed E-state index contributed by atoms with van der Waals surface area (Å²) < 4.78 is 10.9. The van der Waals surface area contributed by atoms with Crippen LogP contribution in [-0.2, 0) is 4.74 Å². The number of nitrogens with zero attached hydrogens (tertiary/aromatic N) is 2. The highest BCUT2D eigenvalue weighted by Crippen LogP contribution is 2.47. The number of hydrogen-bond acceptors (Lipinski definition) is 4. The Balaban J connectivity index is 2.44. The molecule has 0 aromatic heterocycles. The van der Waals surface area contributed by atoms with Crippen LogP contribution >= 0.6 is 0 Å². The largest absolute Gasteiger partial charge is 0.497 e. The van der Waals surface area contributed by atoms with Crippen LogP contribution in [0.3, 0.4) is 0 Å². The summed E-state index contributed by atoms with van der Waals surface area (Å²) in [6.45, 7) is 4.27. The zero-order valence-electron chi connectivity index (χ0n) is 11.4. The first-order valence-electron chi connectivity index (χ1n) is 6.42. The monoisotopic (exact) mass is 268 g/mol. The Bertz CT molecular complexity index is 552. The minimum atomic E-state index is -1.23. The summed E-state index contributed by atoms with van der Waals surface area (Å²) in [4.78, 5) is 0. The summed E-state index contributed by atoms with van der Waals surface area (Å²) in [6, 6.07) is 11.6. The van der Waals surface area contributed by atoms with Crippen LogP contribution in [0.4, 0.5) is 0 Å². The van der Waals surface area contributed by atoms with Crippen LogP contribution in [0.1, 0.15) is 18.1 Å².